The third kappa shape index (κ3) is 4.32. The van der Waals surface area contributed by atoms with Gasteiger partial charge in [0.05, 0.1) is 6.54 Å². The molecule has 0 aromatic heterocycles. The Morgan fingerprint density at radius 3 is 2.55 bits per heavy atom. The van der Waals surface area contributed by atoms with E-state index in [0.29, 0.717) is 19.1 Å². The molecule has 0 aliphatic carbocycles. The predicted molar refractivity (Wildman–Crippen MR) is 81.4 cm³/mol. The smallest absolute Gasteiger partial charge is 0.236 e. The maximum absolute atomic E-state index is 12.2. The summed E-state index contributed by atoms with van der Waals surface area (Å²) in [4.78, 5) is 16.3. The highest BCUT2D eigenvalue weighted by atomic mass is 16.2. The van der Waals surface area contributed by atoms with Gasteiger partial charge in [0.25, 0.3) is 0 Å². The number of benzene rings is 1. The molecule has 110 valence electrons. The number of piperidine rings is 1. The number of likely N-dealkylation sites (N-methyl/N-ethyl adjacent to an activating group) is 1. The molecule has 4 nitrogen and oxygen atoms in total. The minimum atomic E-state index is 0.205. The molecular formula is C16H25N3O. The topological polar surface area (TPSA) is 35.6 Å². The summed E-state index contributed by atoms with van der Waals surface area (Å²) in [7, 11) is 3.90. The summed E-state index contributed by atoms with van der Waals surface area (Å²) in [5.74, 6) is 0.205. The second-order valence-electron chi connectivity index (χ2n) is 5.57. The molecule has 0 saturated carbocycles. The minimum absolute atomic E-state index is 0.205. The summed E-state index contributed by atoms with van der Waals surface area (Å²) in [6.45, 7) is 3.25. The van der Waals surface area contributed by atoms with Gasteiger partial charge in [-0.1, -0.05) is 30.3 Å². The lowest BCUT2D eigenvalue weighted by Crippen LogP contribution is -2.45. The fraction of sp³-hybridized carbons (Fsp3) is 0.562. The number of nitrogens with one attached hydrogen (secondary N) is 1. The Balaban J connectivity index is 1.77. The molecule has 20 heavy (non-hydrogen) atoms. The van der Waals surface area contributed by atoms with Gasteiger partial charge in [0, 0.05) is 32.7 Å². The van der Waals surface area contributed by atoms with Gasteiger partial charge in [0.15, 0.2) is 0 Å². The van der Waals surface area contributed by atoms with Crippen molar-refractivity contribution < 1.29 is 4.79 Å². The van der Waals surface area contributed by atoms with Crippen molar-refractivity contribution in [3.63, 3.8) is 0 Å². The Bertz CT molecular complexity index is 413. The molecule has 0 radical (unpaired) electrons. The monoisotopic (exact) mass is 275 g/mol. The predicted octanol–water partition coefficient (Wildman–Crippen LogP) is 1.33. The van der Waals surface area contributed by atoms with E-state index in [4.69, 9.17) is 0 Å². The van der Waals surface area contributed by atoms with Crippen LogP contribution in [0, 0.1) is 0 Å². The first kappa shape index (κ1) is 15.0. The highest BCUT2D eigenvalue weighted by Crippen LogP contribution is 2.10. The molecule has 0 bridgehead atoms. The SMILES string of the molecule is CNC1CCN(CC(=O)N(C)Cc2ccccc2)CC1. The average molecular weight is 275 g/mol. The summed E-state index contributed by atoms with van der Waals surface area (Å²) in [5.41, 5.74) is 1.18. The number of hydrogen-bond acceptors (Lipinski definition) is 3. The quantitative estimate of drug-likeness (QED) is 0.880. The van der Waals surface area contributed by atoms with Crippen LogP contribution < -0.4 is 5.32 Å². The normalized spacial score (nSPS) is 17.1. The molecular weight excluding hydrogens is 250 g/mol. The van der Waals surface area contributed by atoms with Crippen molar-refractivity contribution in [1.82, 2.24) is 15.1 Å². The van der Waals surface area contributed by atoms with E-state index in [0.717, 1.165) is 25.9 Å². The standard InChI is InChI=1S/C16H25N3O/c1-17-15-8-10-19(11-9-15)13-16(20)18(2)12-14-6-4-3-5-7-14/h3-7,15,17H,8-13H2,1-2H3. The summed E-state index contributed by atoms with van der Waals surface area (Å²) < 4.78 is 0. The molecule has 1 heterocycles. The third-order valence-corrected chi connectivity index (χ3v) is 4.04. The lowest BCUT2D eigenvalue weighted by molar-refractivity contribution is -0.131. The average Bonchev–Trinajstić information content (AvgIpc) is 2.49. The van der Waals surface area contributed by atoms with E-state index >= 15 is 0 Å². The highest BCUT2D eigenvalue weighted by Gasteiger charge is 2.20. The molecule has 4 heteroatoms. The minimum Gasteiger partial charge on any atom is -0.340 e. The number of carbonyl (C=O) groups excluding carboxylic acids is 1. The molecule has 1 aliphatic rings. The zero-order valence-corrected chi connectivity index (χ0v) is 12.5. The van der Waals surface area contributed by atoms with Gasteiger partial charge in [-0.3, -0.25) is 9.69 Å². The largest absolute Gasteiger partial charge is 0.340 e. The van der Waals surface area contributed by atoms with Crippen molar-refractivity contribution in [2.45, 2.75) is 25.4 Å². The van der Waals surface area contributed by atoms with Crippen LogP contribution in [0.3, 0.4) is 0 Å². The fourth-order valence-corrected chi connectivity index (χ4v) is 2.64. The Morgan fingerprint density at radius 2 is 1.95 bits per heavy atom. The molecule has 1 N–H and O–H groups in total. The first-order valence-electron chi connectivity index (χ1n) is 7.36. The highest BCUT2D eigenvalue weighted by molar-refractivity contribution is 5.78. The van der Waals surface area contributed by atoms with Crippen molar-refractivity contribution in [2.24, 2.45) is 0 Å². The Kier molecular flexibility index (Phi) is 5.56. The van der Waals surface area contributed by atoms with Gasteiger partial charge >= 0.3 is 0 Å². The van der Waals surface area contributed by atoms with Crippen LogP contribution >= 0.6 is 0 Å². The van der Waals surface area contributed by atoms with Crippen LogP contribution in [0.1, 0.15) is 18.4 Å². The molecule has 0 spiro atoms. The van der Waals surface area contributed by atoms with E-state index in [1.165, 1.54) is 5.56 Å². The van der Waals surface area contributed by atoms with Gasteiger partial charge < -0.3 is 10.2 Å². The number of amides is 1. The van der Waals surface area contributed by atoms with Crippen LogP contribution in [0.5, 0.6) is 0 Å². The Hall–Kier alpha value is -1.39. The number of nitrogens with zero attached hydrogens (tertiary/aromatic N) is 2. The van der Waals surface area contributed by atoms with Crippen LogP contribution in [-0.4, -0.2) is 55.5 Å². The summed E-state index contributed by atoms with van der Waals surface area (Å²) in [5, 5.41) is 3.31. The van der Waals surface area contributed by atoms with Gasteiger partial charge in [-0.15, -0.1) is 0 Å². The molecule has 1 saturated heterocycles. The molecule has 1 fully saturated rings. The second-order valence-corrected chi connectivity index (χ2v) is 5.57. The zero-order valence-electron chi connectivity index (χ0n) is 12.5. The van der Waals surface area contributed by atoms with Gasteiger partial charge in [0.2, 0.25) is 5.91 Å². The van der Waals surface area contributed by atoms with Gasteiger partial charge in [-0.2, -0.15) is 0 Å². The lowest BCUT2D eigenvalue weighted by atomic mass is 10.1. The molecule has 0 atom stereocenters. The number of hydrogen-bond donors (Lipinski definition) is 1. The van der Waals surface area contributed by atoms with Crippen molar-refractivity contribution in [3.05, 3.63) is 35.9 Å². The molecule has 1 aromatic rings. The van der Waals surface area contributed by atoms with E-state index in [2.05, 4.69) is 22.3 Å². The van der Waals surface area contributed by atoms with Gasteiger partial charge in [0.1, 0.15) is 0 Å². The van der Waals surface area contributed by atoms with E-state index in [1.807, 2.05) is 37.2 Å². The van der Waals surface area contributed by atoms with Crippen molar-refractivity contribution >= 4 is 5.91 Å². The first-order chi connectivity index (χ1) is 9.69. The Morgan fingerprint density at radius 1 is 1.30 bits per heavy atom. The van der Waals surface area contributed by atoms with E-state index < -0.39 is 0 Å². The zero-order chi connectivity index (χ0) is 14.4. The fourth-order valence-electron chi connectivity index (χ4n) is 2.64. The van der Waals surface area contributed by atoms with Crippen molar-refractivity contribution in [1.29, 1.82) is 0 Å². The van der Waals surface area contributed by atoms with Crippen LogP contribution in [0.15, 0.2) is 30.3 Å². The number of rotatable bonds is 5. The van der Waals surface area contributed by atoms with Crippen LogP contribution in [-0.2, 0) is 11.3 Å². The number of carbonyl (C=O) groups is 1. The second kappa shape index (κ2) is 7.41. The maximum atomic E-state index is 12.2. The van der Waals surface area contributed by atoms with Crippen LogP contribution in [0.4, 0.5) is 0 Å². The van der Waals surface area contributed by atoms with Crippen LogP contribution in [0.2, 0.25) is 0 Å². The summed E-state index contributed by atoms with van der Waals surface area (Å²) >= 11 is 0. The van der Waals surface area contributed by atoms with Gasteiger partial charge in [-0.25, -0.2) is 0 Å². The molecule has 0 unspecified atom stereocenters. The van der Waals surface area contributed by atoms with E-state index in [9.17, 15) is 4.79 Å². The van der Waals surface area contributed by atoms with Gasteiger partial charge in [-0.05, 0) is 25.5 Å². The lowest BCUT2D eigenvalue weighted by Gasteiger charge is -2.32. The summed E-state index contributed by atoms with van der Waals surface area (Å²) in [6, 6.07) is 10.7. The molecule has 2 rings (SSSR count). The van der Waals surface area contributed by atoms with E-state index in [1.54, 1.807) is 0 Å². The first-order valence-corrected chi connectivity index (χ1v) is 7.36. The van der Waals surface area contributed by atoms with Crippen molar-refractivity contribution in [3.8, 4) is 0 Å². The maximum Gasteiger partial charge on any atom is 0.236 e. The molecule has 1 amide bonds. The van der Waals surface area contributed by atoms with Crippen LogP contribution in [0.25, 0.3) is 0 Å². The number of likely N-dealkylation sites (tertiary alicyclic amines) is 1. The summed E-state index contributed by atoms with van der Waals surface area (Å²) in [6.07, 6.45) is 2.26. The Labute approximate surface area is 121 Å². The molecule has 1 aliphatic heterocycles. The third-order valence-electron chi connectivity index (χ3n) is 4.04. The molecule has 1 aromatic carbocycles. The van der Waals surface area contributed by atoms with Crippen molar-refractivity contribution in [2.75, 3.05) is 33.7 Å². The van der Waals surface area contributed by atoms with E-state index in [-0.39, 0.29) is 5.91 Å².